The molecule has 2 N–H and O–H groups in total. The molecule has 2 aromatic heterocycles. The summed E-state index contributed by atoms with van der Waals surface area (Å²) in [5, 5.41) is 6.89. The highest BCUT2D eigenvalue weighted by Crippen LogP contribution is 2.67. The Labute approximate surface area is 372 Å². The maximum atomic E-state index is 13.5. The van der Waals surface area contributed by atoms with Crippen LogP contribution in [0.1, 0.15) is 121 Å². The molecule has 0 radical (unpaired) electrons. The van der Waals surface area contributed by atoms with Crippen LogP contribution in [-0.2, 0) is 36.9 Å². The van der Waals surface area contributed by atoms with E-state index in [-0.39, 0.29) is 41.4 Å². The number of pyridine rings is 2. The molecule has 2 saturated carbocycles. The van der Waals surface area contributed by atoms with Gasteiger partial charge < -0.3 is 24.6 Å². The molecule has 3 aromatic rings. The van der Waals surface area contributed by atoms with Crippen molar-refractivity contribution in [1.29, 1.82) is 0 Å². The average molecular weight is 862 g/mol. The Hall–Kier alpha value is -4.94. The van der Waals surface area contributed by atoms with E-state index >= 15 is 0 Å². The normalized spacial score (nSPS) is 25.9. The summed E-state index contributed by atoms with van der Waals surface area (Å²) in [6.45, 7) is 14.3. The number of hydrogen-bond acceptors (Lipinski definition) is 10. The number of anilines is 1. The van der Waals surface area contributed by atoms with Crippen molar-refractivity contribution in [1.82, 2.24) is 19.8 Å². The molecule has 0 amide bonds. The average Bonchev–Trinajstić information content (AvgIpc) is 3.56. The third-order valence-electron chi connectivity index (χ3n) is 15.3. The summed E-state index contributed by atoms with van der Waals surface area (Å²) >= 11 is 0. The standard InChI is InChI=1S/C50H65N5O5.CH2O2/c1-6-36-29-45-46(52-48(36)59)27-35(31-51-45)32-55-25-23-54(24-26-55)22-10-8-7-9-21-53(5)39-14-11-37(12-15-39)43-30-49(4)44(19-20-50(49,33(2)56)60-34(3)57)42-17-13-38-28-40(58)16-18-41(38)47(42)43;2-1-3/h11-12,14-15,27-29,31,42-44H,6-10,13,16-26,30,32H2,1-5H3,(H,52,59);1H,(H,2,3)/t42-,43+,44-,49-,50-;/m0./s1. The number of ether oxygens (including phenoxy) is 1. The van der Waals surface area contributed by atoms with Crippen LogP contribution in [0.2, 0.25) is 0 Å². The van der Waals surface area contributed by atoms with Gasteiger partial charge in [0.2, 0.25) is 0 Å². The van der Waals surface area contributed by atoms with E-state index in [0.717, 1.165) is 106 Å². The van der Waals surface area contributed by atoms with E-state index in [1.165, 1.54) is 54.2 Å². The summed E-state index contributed by atoms with van der Waals surface area (Å²) in [7, 11) is 2.19. The lowest BCUT2D eigenvalue weighted by molar-refractivity contribution is -0.182. The van der Waals surface area contributed by atoms with Crippen molar-refractivity contribution in [2.75, 3.05) is 51.2 Å². The number of allylic oxidation sites excluding steroid dienone is 4. The topological polar surface area (TPSA) is 153 Å². The third-order valence-corrected chi connectivity index (χ3v) is 15.3. The van der Waals surface area contributed by atoms with E-state index in [4.69, 9.17) is 14.6 Å². The highest BCUT2D eigenvalue weighted by Gasteiger charge is 2.67. The highest BCUT2D eigenvalue weighted by molar-refractivity contribution is 5.93. The van der Waals surface area contributed by atoms with Gasteiger partial charge in [-0.25, -0.2) is 0 Å². The minimum Gasteiger partial charge on any atom is -0.483 e. The molecule has 63 heavy (non-hydrogen) atoms. The zero-order chi connectivity index (χ0) is 44.9. The minimum absolute atomic E-state index is 0.0144. The zero-order valence-corrected chi connectivity index (χ0v) is 38.0. The molecule has 1 aromatic carbocycles. The molecule has 0 spiro atoms. The first kappa shape index (κ1) is 46.1. The smallest absolute Gasteiger partial charge is 0.303 e. The van der Waals surface area contributed by atoms with Gasteiger partial charge in [0.1, 0.15) is 0 Å². The number of fused-ring (bicyclic) bond motifs is 5. The SMILES string of the molecule is CCc1cc2ncc(CN3CCN(CCCCCCN(C)c4ccc([C@H]5C[C@@]6(C)[C@@H](CC[C@]6(OC(C)=O)C(C)=O)[C@@H]6CCC7=CC(=O)CCC7=C65)cc4)CC3)cc2[nH]c1=O.O=CO. The lowest BCUT2D eigenvalue weighted by atomic mass is 9.50. The second-order valence-corrected chi connectivity index (χ2v) is 18.9. The summed E-state index contributed by atoms with van der Waals surface area (Å²) < 4.78 is 6.12. The van der Waals surface area contributed by atoms with Crippen LogP contribution in [0.5, 0.6) is 0 Å². The fourth-order valence-electron chi connectivity index (χ4n) is 12.1. The van der Waals surface area contributed by atoms with Crippen molar-refractivity contribution in [2.45, 2.75) is 123 Å². The number of rotatable bonds is 14. The molecule has 3 fully saturated rings. The summed E-state index contributed by atoms with van der Waals surface area (Å²) in [6, 6.07) is 13.1. The van der Waals surface area contributed by atoms with E-state index in [1.807, 2.05) is 25.3 Å². The summed E-state index contributed by atoms with van der Waals surface area (Å²) in [6.07, 6.45) is 14.8. The van der Waals surface area contributed by atoms with Crippen LogP contribution >= 0.6 is 0 Å². The van der Waals surface area contributed by atoms with E-state index < -0.39 is 11.0 Å². The van der Waals surface area contributed by atoms with Gasteiger partial charge in [-0.2, -0.15) is 0 Å². The first-order chi connectivity index (χ1) is 30.3. The number of carbonyl (C=O) groups excluding carboxylic acids is 3. The Balaban J connectivity index is 0.00000193. The van der Waals surface area contributed by atoms with Crippen molar-refractivity contribution >= 4 is 40.7 Å². The van der Waals surface area contributed by atoms with Gasteiger partial charge in [-0.3, -0.25) is 33.9 Å². The number of unbranched alkanes of at least 4 members (excludes halogenated alkanes) is 3. The first-order valence-electron chi connectivity index (χ1n) is 23.3. The van der Waals surface area contributed by atoms with Crippen molar-refractivity contribution in [3.05, 3.63) is 92.4 Å². The van der Waals surface area contributed by atoms with Crippen LogP contribution in [0, 0.1) is 17.3 Å². The molecule has 1 aliphatic heterocycles. The van der Waals surface area contributed by atoms with Crippen LogP contribution in [0.25, 0.3) is 11.0 Å². The number of aryl methyl sites for hydroxylation is 1. The van der Waals surface area contributed by atoms with Crippen molar-refractivity contribution in [3.8, 4) is 0 Å². The van der Waals surface area contributed by atoms with Crippen molar-refractivity contribution in [3.63, 3.8) is 0 Å². The molecule has 3 heterocycles. The molecule has 12 nitrogen and oxygen atoms in total. The molecule has 0 bridgehead atoms. The number of nitrogens with zero attached hydrogens (tertiary/aromatic N) is 4. The van der Waals surface area contributed by atoms with Gasteiger partial charge in [0.15, 0.2) is 17.2 Å². The number of nitrogens with one attached hydrogen (secondary N) is 1. The molecular formula is C51H67N5O7. The number of benzene rings is 1. The Morgan fingerprint density at radius 2 is 1.70 bits per heavy atom. The Bertz CT molecular complexity index is 2290. The highest BCUT2D eigenvalue weighted by atomic mass is 16.6. The van der Waals surface area contributed by atoms with Crippen molar-refractivity contribution < 1.29 is 29.0 Å². The number of Topliss-reactive ketones (excluding diaryl/α,β-unsaturated/α-hetero) is 1. The lowest BCUT2D eigenvalue weighted by Crippen LogP contribution is -2.57. The van der Waals surface area contributed by atoms with E-state index in [2.05, 4.69) is 69.0 Å². The van der Waals surface area contributed by atoms with Gasteiger partial charge in [-0.05, 0) is 136 Å². The van der Waals surface area contributed by atoms with Crippen LogP contribution in [-0.4, -0.2) is 101 Å². The zero-order valence-electron chi connectivity index (χ0n) is 38.0. The van der Waals surface area contributed by atoms with Gasteiger partial charge in [0, 0.05) is 88.4 Å². The Kier molecular flexibility index (Phi) is 14.5. The van der Waals surface area contributed by atoms with E-state index in [9.17, 15) is 19.2 Å². The van der Waals surface area contributed by atoms with Crippen LogP contribution in [0.15, 0.2) is 70.2 Å². The van der Waals surface area contributed by atoms with Gasteiger partial charge in [-0.15, -0.1) is 0 Å². The molecule has 8 rings (SSSR count). The summed E-state index contributed by atoms with van der Waals surface area (Å²) in [4.78, 5) is 74.4. The number of esters is 1. The maximum Gasteiger partial charge on any atom is 0.303 e. The number of H-pyrrole nitrogens is 1. The van der Waals surface area contributed by atoms with Gasteiger partial charge in [-0.1, -0.05) is 44.4 Å². The quantitative estimate of drug-likeness (QED) is 0.0928. The Morgan fingerprint density at radius 1 is 0.984 bits per heavy atom. The van der Waals surface area contributed by atoms with Crippen molar-refractivity contribution in [2.24, 2.45) is 17.3 Å². The number of aromatic nitrogens is 2. The number of hydrogen-bond donors (Lipinski definition) is 2. The fraction of sp³-hybridized carbons (Fsp3) is 0.569. The predicted octanol–water partition coefficient (Wildman–Crippen LogP) is 7.79. The molecule has 12 heteroatoms. The molecule has 338 valence electrons. The number of ketones is 2. The monoisotopic (exact) mass is 862 g/mol. The fourth-order valence-corrected chi connectivity index (χ4v) is 12.1. The van der Waals surface area contributed by atoms with E-state index in [0.29, 0.717) is 25.2 Å². The number of carbonyl (C=O) groups is 4. The summed E-state index contributed by atoms with van der Waals surface area (Å²) in [5.41, 5.74) is 8.54. The van der Waals surface area contributed by atoms with Gasteiger partial charge >= 0.3 is 5.97 Å². The molecule has 1 saturated heterocycles. The predicted molar refractivity (Wildman–Crippen MR) is 246 cm³/mol. The first-order valence-corrected chi connectivity index (χ1v) is 23.3. The second-order valence-electron chi connectivity index (χ2n) is 18.9. The molecular weight excluding hydrogens is 795 g/mol. The summed E-state index contributed by atoms with van der Waals surface area (Å²) in [5.74, 6) is 0.474. The maximum absolute atomic E-state index is 13.5. The third kappa shape index (κ3) is 9.63. The molecule has 5 aliphatic rings. The van der Waals surface area contributed by atoms with Crippen LogP contribution < -0.4 is 10.5 Å². The lowest BCUT2D eigenvalue weighted by Gasteiger charge is -2.55. The number of piperazine rings is 1. The minimum atomic E-state index is -1.10. The molecule has 4 aliphatic carbocycles. The van der Waals surface area contributed by atoms with Gasteiger partial charge in [0.25, 0.3) is 12.0 Å². The second kappa shape index (κ2) is 19.8. The van der Waals surface area contributed by atoms with Gasteiger partial charge in [0.05, 0.1) is 11.0 Å². The molecule has 0 unspecified atom stereocenters. The number of aromatic amines is 1. The number of carboxylic acid groups (broad SMARTS) is 1. The van der Waals surface area contributed by atoms with E-state index in [1.54, 1.807) is 6.92 Å². The van der Waals surface area contributed by atoms with Crippen LogP contribution in [0.3, 0.4) is 0 Å². The largest absolute Gasteiger partial charge is 0.483 e. The van der Waals surface area contributed by atoms with Crippen LogP contribution in [0.4, 0.5) is 5.69 Å². The Morgan fingerprint density at radius 3 is 2.40 bits per heavy atom. The molecule has 5 atom stereocenters.